The molecule has 2 N–H and O–H groups in total. The quantitative estimate of drug-likeness (QED) is 0.480. The number of rotatable bonds is 8. The maximum Gasteiger partial charge on any atom is 0.461 e. The third kappa shape index (κ3) is 7.84. The van der Waals surface area contributed by atoms with Crippen molar-refractivity contribution in [3.63, 3.8) is 0 Å². The number of nitrogens with one attached hydrogen (secondary N) is 2. The highest BCUT2D eigenvalue weighted by atomic mass is 19.4. The molecule has 0 aromatic rings. The predicted molar refractivity (Wildman–Crippen MR) is 116 cm³/mol. The highest BCUT2D eigenvalue weighted by Gasteiger charge is 2.65. The van der Waals surface area contributed by atoms with Gasteiger partial charge in [0, 0.05) is 0 Å². The van der Waals surface area contributed by atoms with Gasteiger partial charge in [-0.15, -0.1) is 0 Å². The van der Waals surface area contributed by atoms with Crippen LogP contribution in [0.4, 0.5) is 26.7 Å². The molecule has 0 saturated carbocycles. The van der Waals surface area contributed by atoms with Gasteiger partial charge in [-0.3, -0.25) is 24.6 Å². The summed E-state index contributed by atoms with van der Waals surface area (Å²) in [5, 5.41) is 4.45. The van der Waals surface area contributed by atoms with Crippen LogP contribution in [0.5, 0.6) is 0 Å². The smallest absolute Gasteiger partial charge is 0.444 e. The van der Waals surface area contributed by atoms with Crippen LogP contribution in [0.2, 0.25) is 0 Å². The maximum atomic E-state index is 13.9. The van der Waals surface area contributed by atoms with Crippen LogP contribution in [0.25, 0.3) is 0 Å². The summed E-state index contributed by atoms with van der Waals surface area (Å²) >= 11 is 0. The van der Waals surface area contributed by atoms with E-state index in [0.29, 0.717) is 0 Å². The Kier molecular flexibility index (Phi) is 9.81. The highest BCUT2D eigenvalue weighted by molar-refractivity contribution is 6.01. The number of amides is 3. The Morgan fingerprint density at radius 3 is 1.91 bits per heavy atom. The van der Waals surface area contributed by atoms with Gasteiger partial charge in [0.2, 0.25) is 17.6 Å². The van der Waals surface area contributed by atoms with Gasteiger partial charge in [0.05, 0.1) is 12.1 Å². The Bertz CT molecular complexity index is 808. The number of ketones is 1. The van der Waals surface area contributed by atoms with Crippen molar-refractivity contribution in [3.8, 4) is 0 Å². The van der Waals surface area contributed by atoms with Gasteiger partial charge in [0.1, 0.15) is 11.6 Å². The monoisotopic (exact) mass is 515 g/mol. The summed E-state index contributed by atoms with van der Waals surface area (Å²) in [4.78, 5) is 51.0. The van der Waals surface area contributed by atoms with Gasteiger partial charge in [-0.25, -0.2) is 4.79 Å². The summed E-state index contributed by atoms with van der Waals surface area (Å²) in [6.07, 6.45) is -6.70. The van der Waals surface area contributed by atoms with Crippen LogP contribution in [-0.4, -0.2) is 71.0 Å². The topological polar surface area (TPSA) is 105 Å². The minimum atomic E-state index is -6.08. The number of alkyl carbamates (subject to hydrolysis) is 1. The SMILES string of the molecule is CC(C)C(C(=O)C(F)(F)C(F)(F)F)N1CCC[C@H]1C(=O)NC(=O)[C@@H](NC(=O)OC(C)(C)C)C(C)C. The Hall–Kier alpha value is -2.31. The van der Waals surface area contributed by atoms with Gasteiger partial charge in [-0.1, -0.05) is 27.7 Å². The van der Waals surface area contributed by atoms with Gasteiger partial charge in [-0.2, -0.15) is 22.0 Å². The molecule has 8 nitrogen and oxygen atoms in total. The number of halogens is 5. The van der Waals surface area contributed by atoms with Crippen molar-refractivity contribution >= 4 is 23.7 Å². The lowest BCUT2D eigenvalue weighted by Crippen LogP contribution is -2.60. The number of imide groups is 1. The fraction of sp³-hybridized carbons (Fsp3) is 0.818. The van der Waals surface area contributed by atoms with E-state index in [1.807, 2.05) is 0 Å². The van der Waals surface area contributed by atoms with Crippen LogP contribution in [-0.2, 0) is 19.1 Å². The van der Waals surface area contributed by atoms with Crippen LogP contribution in [0.1, 0.15) is 61.3 Å². The van der Waals surface area contributed by atoms with E-state index in [-0.39, 0.29) is 19.4 Å². The second-order valence-electron chi connectivity index (χ2n) is 10.2. The number of carbonyl (C=O) groups excluding carboxylic acids is 4. The highest BCUT2D eigenvalue weighted by Crippen LogP contribution is 2.39. The first-order chi connectivity index (χ1) is 15.7. The van der Waals surface area contributed by atoms with Gasteiger partial charge in [0.15, 0.2) is 0 Å². The summed E-state index contributed by atoms with van der Waals surface area (Å²) < 4.78 is 71.3. The fourth-order valence-corrected chi connectivity index (χ4v) is 3.82. The number of alkyl halides is 5. The van der Waals surface area contributed by atoms with Crippen molar-refractivity contribution in [2.24, 2.45) is 11.8 Å². The van der Waals surface area contributed by atoms with Gasteiger partial charge < -0.3 is 10.1 Å². The molecule has 0 bridgehead atoms. The molecule has 1 aliphatic heterocycles. The van der Waals surface area contributed by atoms with Gasteiger partial charge >= 0.3 is 18.2 Å². The average Bonchev–Trinajstić information content (AvgIpc) is 3.12. The van der Waals surface area contributed by atoms with Gasteiger partial charge in [0.25, 0.3) is 0 Å². The van der Waals surface area contributed by atoms with Crippen molar-refractivity contribution in [2.75, 3.05) is 6.54 Å². The predicted octanol–water partition coefficient (Wildman–Crippen LogP) is 3.43. The lowest BCUT2D eigenvalue weighted by atomic mass is 9.93. The molecule has 0 spiro atoms. The van der Waals surface area contributed by atoms with E-state index in [1.165, 1.54) is 13.8 Å². The Morgan fingerprint density at radius 2 is 1.49 bits per heavy atom. The third-order valence-electron chi connectivity index (χ3n) is 5.39. The van der Waals surface area contributed by atoms with Crippen molar-refractivity contribution in [1.82, 2.24) is 15.5 Å². The Balaban J connectivity index is 3.07. The number of hydrogen-bond donors (Lipinski definition) is 2. The molecule has 202 valence electrons. The van der Waals surface area contributed by atoms with Crippen molar-refractivity contribution in [3.05, 3.63) is 0 Å². The number of nitrogens with zero attached hydrogens (tertiary/aromatic N) is 1. The van der Waals surface area contributed by atoms with E-state index >= 15 is 0 Å². The average molecular weight is 516 g/mol. The number of likely N-dealkylation sites (tertiary alicyclic amines) is 1. The number of Topliss-reactive ketones (excluding diaryl/α,β-unsaturated/α-hetero) is 1. The Morgan fingerprint density at radius 1 is 0.943 bits per heavy atom. The molecule has 0 radical (unpaired) electrons. The molecule has 0 aromatic heterocycles. The molecule has 1 fully saturated rings. The lowest BCUT2D eigenvalue weighted by Gasteiger charge is -2.36. The first-order valence-electron chi connectivity index (χ1n) is 11.3. The molecule has 1 heterocycles. The second-order valence-corrected chi connectivity index (χ2v) is 10.2. The number of ether oxygens (including phenoxy) is 1. The van der Waals surface area contributed by atoms with E-state index in [2.05, 4.69) is 10.6 Å². The molecule has 0 aromatic carbocycles. The maximum absolute atomic E-state index is 13.9. The van der Waals surface area contributed by atoms with Crippen molar-refractivity contribution in [2.45, 2.75) is 97.1 Å². The van der Waals surface area contributed by atoms with Crippen molar-refractivity contribution in [1.29, 1.82) is 0 Å². The largest absolute Gasteiger partial charge is 0.461 e. The summed E-state index contributed by atoms with van der Waals surface area (Å²) in [7, 11) is 0. The van der Waals surface area contributed by atoms with E-state index in [9.17, 15) is 41.1 Å². The standard InChI is InChI=1S/C22H34F5N3O5/c1-11(2)14(28-19(34)35-20(5,6)7)18(33)29-17(32)13-9-8-10-30(13)15(12(3)4)16(31)21(23,24)22(25,26)27/h11-15H,8-10H2,1-7H3,(H,28,34)(H,29,32,33)/t13-,14-,15?/m0/s1. The summed E-state index contributed by atoms with van der Waals surface area (Å²) in [5.74, 6) is -11.3. The zero-order chi connectivity index (χ0) is 27.5. The minimum Gasteiger partial charge on any atom is -0.444 e. The van der Waals surface area contributed by atoms with Crippen LogP contribution in [0, 0.1) is 11.8 Å². The van der Waals surface area contributed by atoms with Gasteiger partial charge in [-0.05, 0) is 52.0 Å². The van der Waals surface area contributed by atoms with Crippen LogP contribution in [0.15, 0.2) is 0 Å². The first kappa shape index (κ1) is 30.7. The molecule has 1 rings (SSSR count). The van der Waals surface area contributed by atoms with E-state index < -0.39 is 71.4 Å². The minimum absolute atomic E-state index is 0.0407. The molecular formula is C22H34F5N3O5. The fourth-order valence-electron chi connectivity index (χ4n) is 3.82. The molecule has 0 aliphatic carbocycles. The van der Waals surface area contributed by atoms with Crippen LogP contribution >= 0.6 is 0 Å². The van der Waals surface area contributed by atoms with E-state index in [4.69, 9.17) is 4.74 Å². The summed E-state index contributed by atoms with van der Waals surface area (Å²) in [6.45, 7) is 10.6. The molecule has 1 saturated heterocycles. The van der Waals surface area contributed by atoms with Crippen LogP contribution in [0.3, 0.4) is 0 Å². The lowest BCUT2D eigenvalue weighted by molar-refractivity contribution is -0.271. The molecule has 35 heavy (non-hydrogen) atoms. The third-order valence-corrected chi connectivity index (χ3v) is 5.39. The second kappa shape index (κ2) is 11.2. The zero-order valence-corrected chi connectivity index (χ0v) is 20.9. The molecule has 3 atom stereocenters. The van der Waals surface area contributed by atoms with E-state index in [0.717, 1.165) is 4.90 Å². The summed E-state index contributed by atoms with van der Waals surface area (Å²) in [5.41, 5.74) is -0.848. The molecule has 3 amide bonds. The van der Waals surface area contributed by atoms with Crippen molar-refractivity contribution < 1.29 is 45.9 Å². The Labute approximate surface area is 201 Å². The van der Waals surface area contributed by atoms with Crippen LogP contribution < -0.4 is 10.6 Å². The number of carbonyl (C=O) groups is 4. The summed E-state index contributed by atoms with van der Waals surface area (Å²) in [6, 6.07) is -4.38. The normalized spacial score (nSPS) is 19.4. The molecule has 13 heteroatoms. The zero-order valence-electron chi connectivity index (χ0n) is 20.9. The molecule has 1 unspecified atom stereocenters. The molecular weight excluding hydrogens is 481 g/mol. The first-order valence-corrected chi connectivity index (χ1v) is 11.3. The molecule has 1 aliphatic rings. The number of hydrogen-bond acceptors (Lipinski definition) is 6. The van der Waals surface area contributed by atoms with E-state index in [1.54, 1.807) is 34.6 Å².